The van der Waals surface area contributed by atoms with Gasteiger partial charge in [0.2, 0.25) is 5.88 Å². The molecule has 0 unspecified atom stereocenters. The number of methoxy groups -OCH3 is 1. The predicted molar refractivity (Wildman–Crippen MR) is 49.3 cm³/mol. The number of aliphatic carboxylic acids is 1. The topological polar surface area (TPSA) is 84.3 Å². The molecule has 0 spiro atoms. The van der Waals surface area contributed by atoms with Crippen LogP contribution in [0.15, 0.2) is 12.4 Å². The molecule has 2 N–H and O–H groups in total. The number of nitrogens with one attached hydrogen (secondary N) is 1. The monoisotopic (exact) mass is 197 g/mol. The van der Waals surface area contributed by atoms with Gasteiger partial charge in [0, 0.05) is 6.54 Å². The Balaban J connectivity index is 2.40. The van der Waals surface area contributed by atoms with Gasteiger partial charge in [-0.15, -0.1) is 0 Å². The Bertz CT molecular complexity index is 299. The second-order valence-electron chi connectivity index (χ2n) is 2.51. The zero-order valence-corrected chi connectivity index (χ0v) is 7.73. The highest BCUT2D eigenvalue weighted by Crippen LogP contribution is 2.05. The number of aromatic nitrogens is 2. The fourth-order valence-electron chi connectivity index (χ4n) is 0.810. The molecule has 0 amide bonds. The van der Waals surface area contributed by atoms with Crippen LogP contribution >= 0.6 is 0 Å². The van der Waals surface area contributed by atoms with Crippen molar-refractivity contribution in [1.82, 2.24) is 9.97 Å². The predicted octanol–water partition coefficient (Wildman–Crippen LogP) is 0.372. The van der Waals surface area contributed by atoms with E-state index < -0.39 is 5.97 Å². The summed E-state index contributed by atoms with van der Waals surface area (Å²) in [6.45, 7) is 0.330. The lowest BCUT2D eigenvalue weighted by Crippen LogP contribution is -2.08. The second-order valence-corrected chi connectivity index (χ2v) is 2.51. The molecular weight excluding hydrogens is 186 g/mol. The van der Waals surface area contributed by atoms with Gasteiger partial charge >= 0.3 is 5.97 Å². The molecule has 0 fully saturated rings. The zero-order valence-electron chi connectivity index (χ0n) is 7.73. The van der Waals surface area contributed by atoms with Gasteiger partial charge in [-0.25, -0.2) is 9.97 Å². The summed E-state index contributed by atoms with van der Waals surface area (Å²) >= 11 is 0. The van der Waals surface area contributed by atoms with Crippen molar-refractivity contribution in [1.29, 1.82) is 0 Å². The lowest BCUT2D eigenvalue weighted by atomic mass is 10.4. The SMILES string of the molecule is COc1cnc(NCCC(=O)O)cn1. The van der Waals surface area contributed by atoms with E-state index in [1.54, 1.807) is 0 Å². The van der Waals surface area contributed by atoms with E-state index in [2.05, 4.69) is 15.3 Å². The van der Waals surface area contributed by atoms with Crippen LogP contribution in [0.1, 0.15) is 6.42 Å². The summed E-state index contributed by atoms with van der Waals surface area (Å²) in [4.78, 5) is 18.0. The number of ether oxygens (including phenoxy) is 1. The van der Waals surface area contributed by atoms with E-state index in [-0.39, 0.29) is 6.42 Å². The maximum absolute atomic E-state index is 10.2. The van der Waals surface area contributed by atoms with Gasteiger partial charge in [0.25, 0.3) is 0 Å². The van der Waals surface area contributed by atoms with Gasteiger partial charge in [0.05, 0.1) is 25.9 Å². The van der Waals surface area contributed by atoms with Crippen LogP contribution in [-0.4, -0.2) is 34.7 Å². The smallest absolute Gasteiger partial charge is 0.305 e. The molecule has 0 aliphatic heterocycles. The minimum Gasteiger partial charge on any atom is -0.481 e. The van der Waals surface area contributed by atoms with Crippen LogP contribution in [0.3, 0.4) is 0 Å². The molecule has 76 valence electrons. The van der Waals surface area contributed by atoms with E-state index in [1.165, 1.54) is 19.5 Å². The van der Waals surface area contributed by atoms with Gasteiger partial charge in [-0.3, -0.25) is 4.79 Å². The summed E-state index contributed by atoms with van der Waals surface area (Å²) in [7, 11) is 1.50. The van der Waals surface area contributed by atoms with Crippen molar-refractivity contribution in [3.05, 3.63) is 12.4 Å². The van der Waals surface area contributed by atoms with E-state index in [0.717, 1.165) is 0 Å². The fourth-order valence-corrected chi connectivity index (χ4v) is 0.810. The first-order valence-corrected chi connectivity index (χ1v) is 4.04. The second kappa shape index (κ2) is 5.00. The molecule has 6 nitrogen and oxygen atoms in total. The highest BCUT2D eigenvalue weighted by molar-refractivity contribution is 5.67. The highest BCUT2D eigenvalue weighted by Gasteiger charge is 1.98. The maximum atomic E-state index is 10.2. The molecule has 1 heterocycles. The Morgan fingerprint density at radius 2 is 2.36 bits per heavy atom. The molecule has 1 rings (SSSR count). The summed E-state index contributed by atoms with van der Waals surface area (Å²) in [6.07, 6.45) is 3.00. The molecule has 0 saturated carbocycles. The largest absolute Gasteiger partial charge is 0.481 e. The third-order valence-corrected chi connectivity index (χ3v) is 1.48. The third-order valence-electron chi connectivity index (χ3n) is 1.48. The Hall–Kier alpha value is -1.85. The Kier molecular flexibility index (Phi) is 3.66. The molecule has 0 atom stereocenters. The van der Waals surface area contributed by atoms with Gasteiger partial charge in [-0.2, -0.15) is 0 Å². The quantitative estimate of drug-likeness (QED) is 0.709. The van der Waals surface area contributed by atoms with Crippen LogP contribution in [0.25, 0.3) is 0 Å². The van der Waals surface area contributed by atoms with Crippen LogP contribution in [0, 0.1) is 0 Å². The van der Waals surface area contributed by atoms with Crippen LogP contribution in [-0.2, 0) is 4.79 Å². The van der Waals surface area contributed by atoms with Crippen LogP contribution in [0.5, 0.6) is 5.88 Å². The number of hydrogen-bond acceptors (Lipinski definition) is 5. The number of carboxylic acids is 1. The van der Waals surface area contributed by atoms with Gasteiger partial charge in [0.1, 0.15) is 5.82 Å². The molecule has 0 saturated heterocycles. The lowest BCUT2D eigenvalue weighted by molar-refractivity contribution is -0.136. The number of carbonyl (C=O) groups is 1. The average Bonchev–Trinajstić information content (AvgIpc) is 2.18. The van der Waals surface area contributed by atoms with Gasteiger partial charge < -0.3 is 15.2 Å². The van der Waals surface area contributed by atoms with E-state index in [9.17, 15) is 4.79 Å². The molecule has 0 aliphatic rings. The molecule has 1 aromatic rings. The molecule has 14 heavy (non-hydrogen) atoms. The molecule has 6 heteroatoms. The summed E-state index contributed by atoms with van der Waals surface area (Å²) in [5.41, 5.74) is 0. The van der Waals surface area contributed by atoms with E-state index in [0.29, 0.717) is 18.2 Å². The summed E-state index contributed by atoms with van der Waals surface area (Å²) in [6, 6.07) is 0. The van der Waals surface area contributed by atoms with E-state index in [1.807, 2.05) is 0 Å². The van der Waals surface area contributed by atoms with Gasteiger partial charge in [-0.1, -0.05) is 0 Å². The zero-order chi connectivity index (χ0) is 10.4. The number of carboxylic acid groups (broad SMARTS) is 1. The fraction of sp³-hybridized carbons (Fsp3) is 0.375. The Morgan fingerprint density at radius 1 is 1.57 bits per heavy atom. The van der Waals surface area contributed by atoms with Crippen molar-refractivity contribution in [2.24, 2.45) is 0 Å². The first kappa shape index (κ1) is 10.2. The van der Waals surface area contributed by atoms with Crippen molar-refractivity contribution in [2.45, 2.75) is 6.42 Å². The first-order valence-electron chi connectivity index (χ1n) is 4.04. The molecule has 0 bridgehead atoms. The van der Waals surface area contributed by atoms with Crippen LogP contribution in [0.2, 0.25) is 0 Å². The molecule has 0 aliphatic carbocycles. The molecule has 0 radical (unpaired) electrons. The maximum Gasteiger partial charge on any atom is 0.305 e. The molecule has 1 aromatic heterocycles. The van der Waals surface area contributed by atoms with Crippen molar-refractivity contribution in [3.8, 4) is 5.88 Å². The highest BCUT2D eigenvalue weighted by atomic mass is 16.5. The van der Waals surface area contributed by atoms with Crippen molar-refractivity contribution < 1.29 is 14.6 Å². The number of rotatable bonds is 5. The minimum absolute atomic E-state index is 0.0493. The van der Waals surface area contributed by atoms with Gasteiger partial charge in [0.15, 0.2) is 0 Å². The molecule has 0 aromatic carbocycles. The number of nitrogens with zero attached hydrogens (tertiary/aromatic N) is 2. The van der Waals surface area contributed by atoms with Crippen LogP contribution in [0.4, 0.5) is 5.82 Å². The molecular formula is C8H11N3O3. The normalized spacial score (nSPS) is 9.50. The third kappa shape index (κ3) is 3.26. The van der Waals surface area contributed by atoms with Crippen molar-refractivity contribution in [3.63, 3.8) is 0 Å². The Morgan fingerprint density at radius 3 is 2.86 bits per heavy atom. The van der Waals surface area contributed by atoms with Gasteiger partial charge in [-0.05, 0) is 0 Å². The standard InChI is InChI=1S/C8H11N3O3/c1-14-7-5-10-6(4-11-7)9-3-2-8(12)13/h4-5H,2-3H2,1H3,(H,9,10)(H,12,13). The number of hydrogen-bond donors (Lipinski definition) is 2. The summed E-state index contributed by atoms with van der Waals surface area (Å²) in [5.74, 6) is 0.111. The van der Waals surface area contributed by atoms with Crippen LogP contribution < -0.4 is 10.1 Å². The Labute approximate surface area is 80.9 Å². The van der Waals surface area contributed by atoms with E-state index >= 15 is 0 Å². The van der Waals surface area contributed by atoms with Crippen molar-refractivity contribution in [2.75, 3.05) is 19.0 Å². The lowest BCUT2D eigenvalue weighted by Gasteiger charge is -2.03. The average molecular weight is 197 g/mol. The number of anilines is 1. The minimum atomic E-state index is -0.848. The van der Waals surface area contributed by atoms with Crippen molar-refractivity contribution >= 4 is 11.8 Å². The van der Waals surface area contributed by atoms with E-state index in [4.69, 9.17) is 9.84 Å². The summed E-state index contributed by atoms with van der Waals surface area (Å²) < 4.78 is 4.82. The first-order chi connectivity index (χ1) is 6.72. The summed E-state index contributed by atoms with van der Waals surface area (Å²) in [5, 5.41) is 11.2.